The Morgan fingerprint density at radius 2 is 1.68 bits per heavy atom. The van der Waals surface area contributed by atoms with Gasteiger partial charge in [-0.2, -0.15) is 0 Å². The van der Waals surface area contributed by atoms with E-state index in [4.69, 9.17) is 9.47 Å². The number of methoxy groups -OCH3 is 1. The molecule has 1 fully saturated rings. The molecule has 34 heavy (non-hydrogen) atoms. The highest BCUT2D eigenvalue weighted by molar-refractivity contribution is 5.94. The van der Waals surface area contributed by atoms with Crippen LogP contribution in [-0.2, 0) is 13.2 Å². The second-order valence-electron chi connectivity index (χ2n) is 8.74. The molecule has 0 aromatic heterocycles. The number of aryl methyl sites for hydroxylation is 2. The monoisotopic (exact) mass is 462 g/mol. The van der Waals surface area contributed by atoms with Crippen LogP contribution in [0, 0.1) is 19.7 Å². The summed E-state index contributed by atoms with van der Waals surface area (Å²) < 4.78 is 25.5. The van der Waals surface area contributed by atoms with E-state index in [1.807, 2.05) is 55.1 Å². The first-order valence-electron chi connectivity index (χ1n) is 11.6. The number of piperazine rings is 1. The molecule has 0 unspecified atom stereocenters. The molecule has 1 amide bonds. The molecule has 0 bridgehead atoms. The Balaban J connectivity index is 1.40. The summed E-state index contributed by atoms with van der Waals surface area (Å²) in [6.45, 7) is 7.53. The van der Waals surface area contributed by atoms with Crippen molar-refractivity contribution >= 4 is 5.91 Å². The quantitative estimate of drug-likeness (QED) is 0.496. The van der Waals surface area contributed by atoms with Crippen LogP contribution in [0.4, 0.5) is 4.39 Å². The van der Waals surface area contributed by atoms with Crippen LogP contribution in [0.25, 0.3) is 0 Å². The van der Waals surface area contributed by atoms with Gasteiger partial charge in [0.25, 0.3) is 5.91 Å². The molecule has 6 heteroatoms. The average molecular weight is 463 g/mol. The molecule has 3 aromatic carbocycles. The van der Waals surface area contributed by atoms with Gasteiger partial charge in [0.05, 0.1) is 7.11 Å². The largest absolute Gasteiger partial charge is 0.496 e. The minimum Gasteiger partial charge on any atom is -0.496 e. The van der Waals surface area contributed by atoms with Crippen LogP contribution >= 0.6 is 0 Å². The summed E-state index contributed by atoms with van der Waals surface area (Å²) in [5, 5.41) is 0. The third-order valence-corrected chi connectivity index (χ3v) is 6.27. The van der Waals surface area contributed by atoms with Crippen LogP contribution in [0.2, 0.25) is 0 Å². The zero-order valence-corrected chi connectivity index (χ0v) is 20.0. The van der Waals surface area contributed by atoms with E-state index in [0.717, 1.165) is 22.4 Å². The molecule has 4 rings (SSSR count). The molecule has 1 aliphatic heterocycles. The number of rotatable bonds is 7. The fourth-order valence-electron chi connectivity index (χ4n) is 4.20. The standard InChI is InChI=1S/C28H31FN2O3/c1-20-8-9-21(2)27(16-20)34-19-24-17-22(10-11-26(24)33-3)28(32)31-14-12-30(13-15-31)18-23-6-4-5-7-25(23)29/h4-11,16-17H,12-15,18-19H2,1-3H3. The van der Waals surface area contributed by atoms with E-state index in [-0.39, 0.29) is 11.7 Å². The van der Waals surface area contributed by atoms with E-state index in [2.05, 4.69) is 11.0 Å². The molecule has 3 aromatic rings. The number of carbonyl (C=O) groups excluding carboxylic acids is 1. The maximum atomic E-state index is 14.0. The molecule has 0 spiro atoms. The second kappa shape index (κ2) is 10.7. The van der Waals surface area contributed by atoms with Crippen LogP contribution in [0.1, 0.15) is 32.6 Å². The normalized spacial score (nSPS) is 14.2. The first-order chi connectivity index (χ1) is 16.4. The Bertz CT molecular complexity index is 1160. The second-order valence-corrected chi connectivity index (χ2v) is 8.74. The highest BCUT2D eigenvalue weighted by atomic mass is 19.1. The number of benzene rings is 3. The minimum atomic E-state index is -0.185. The van der Waals surface area contributed by atoms with Gasteiger partial charge in [0.1, 0.15) is 23.9 Å². The summed E-state index contributed by atoms with van der Waals surface area (Å²) >= 11 is 0. The lowest BCUT2D eigenvalue weighted by molar-refractivity contribution is 0.0627. The fourth-order valence-corrected chi connectivity index (χ4v) is 4.20. The highest BCUT2D eigenvalue weighted by Crippen LogP contribution is 2.25. The van der Waals surface area contributed by atoms with Crippen LogP contribution in [0.15, 0.2) is 60.7 Å². The number of hydrogen-bond acceptors (Lipinski definition) is 4. The van der Waals surface area contributed by atoms with Crippen LogP contribution < -0.4 is 9.47 Å². The Kier molecular flexibility index (Phi) is 7.48. The Labute approximate surface area is 200 Å². The van der Waals surface area contributed by atoms with Crippen molar-refractivity contribution in [2.45, 2.75) is 27.0 Å². The molecule has 0 aliphatic carbocycles. The molecule has 0 atom stereocenters. The van der Waals surface area contributed by atoms with E-state index in [1.165, 1.54) is 6.07 Å². The van der Waals surface area contributed by atoms with Gasteiger partial charge in [-0.25, -0.2) is 4.39 Å². The van der Waals surface area contributed by atoms with Gasteiger partial charge in [0, 0.05) is 49.4 Å². The smallest absolute Gasteiger partial charge is 0.253 e. The van der Waals surface area contributed by atoms with Crippen molar-refractivity contribution in [3.8, 4) is 11.5 Å². The number of halogens is 1. The molecule has 0 N–H and O–H groups in total. The van der Waals surface area contributed by atoms with E-state index in [9.17, 15) is 9.18 Å². The molecular weight excluding hydrogens is 431 g/mol. The lowest BCUT2D eigenvalue weighted by Crippen LogP contribution is -2.48. The summed E-state index contributed by atoms with van der Waals surface area (Å²) in [4.78, 5) is 17.2. The minimum absolute atomic E-state index is 0.0128. The maximum absolute atomic E-state index is 14.0. The lowest BCUT2D eigenvalue weighted by atomic mass is 10.1. The van der Waals surface area contributed by atoms with Gasteiger partial charge >= 0.3 is 0 Å². The topological polar surface area (TPSA) is 42.0 Å². The Morgan fingerprint density at radius 3 is 2.41 bits per heavy atom. The number of hydrogen-bond donors (Lipinski definition) is 0. The molecule has 0 radical (unpaired) electrons. The molecular formula is C28H31FN2O3. The van der Waals surface area contributed by atoms with Crippen molar-refractivity contribution in [1.29, 1.82) is 0 Å². The third-order valence-electron chi connectivity index (χ3n) is 6.27. The van der Waals surface area contributed by atoms with E-state index >= 15 is 0 Å². The summed E-state index contributed by atoms with van der Waals surface area (Å²) in [6.07, 6.45) is 0. The zero-order valence-electron chi connectivity index (χ0n) is 20.0. The highest BCUT2D eigenvalue weighted by Gasteiger charge is 2.23. The van der Waals surface area contributed by atoms with Crippen molar-refractivity contribution in [3.63, 3.8) is 0 Å². The van der Waals surface area contributed by atoms with Crippen molar-refractivity contribution in [1.82, 2.24) is 9.80 Å². The molecule has 1 heterocycles. The van der Waals surface area contributed by atoms with Gasteiger partial charge in [0.2, 0.25) is 0 Å². The summed E-state index contributed by atoms with van der Waals surface area (Å²) in [5.74, 6) is 1.32. The van der Waals surface area contributed by atoms with Gasteiger partial charge in [0.15, 0.2) is 0 Å². The molecule has 178 valence electrons. The maximum Gasteiger partial charge on any atom is 0.253 e. The van der Waals surface area contributed by atoms with Crippen LogP contribution in [0.3, 0.4) is 0 Å². The number of ether oxygens (including phenoxy) is 2. The lowest BCUT2D eigenvalue weighted by Gasteiger charge is -2.35. The molecule has 1 aliphatic rings. The van der Waals surface area contributed by atoms with Gasteiger partial charge < -0.3 is 14.4 Å². The SMILES string of the molecule is COc1ccc(C(=O)N2CCN(Cc3ccccc3F)CC2)cc1COc1cc(C)ccc1C. The van der Waals surface area contributed by atoms with E-state index < -0.39 is 0 Å². The van der Waals surface area contributed by atoms with Crippen LogP contribution in [0.5, 0.6) is 11.5 Å². The summed E-state index contributed by atoms with van der Waals surface area (Å²) in [5.41, 5.74) is 4.32. The van der Waals surface area contributed by atoms with Gasteiger partial charge in [-0.15, -0.1) is 0 Å². The van der Waals surface area contributed by atoms with Gasteiger partial charge in [-0.1, -0.05) is 30.3 Å². The number of nitrogens with zero attached hydrogens (tertiary/aromatic N) is 2. The molecule has 1 saturated heterocycles. The molecule has 0 saturated carbocycles. The van der Waals surface area contributed by atoms with E-state index in [0.29, 0.717) is 56.2 Å². The number of amides is 1. The Hall–Kier alpha value is -3.38. The molecule has 5 nitrogen and oxygen atoms in total. The van der Waals surface area contributed by atoms with Crippen molar-refractivity contribution in [2.24, 2.45) is 0 Å². The van der Waals surface area contributed by atoms with E-state index in [1.54, 1.807) is 19.2 Å². The first-order valence-corrected chi connectivity index (χ1v) is 11.6. The first kappa shape index (κ1) is 23.8. The van der Waals surface area contributed by atoms with Gasteiger partial charge in [-0.3, -0.25) is 9.69 Å². The average Bonchev–Trinajstić information content (AvgIpc) is 2.86. The van der Waals surface area contributed by atoms with Crippen LogP contribution in [-0.4, -0.2) is 49.0 Å². The Morgan fingerprint density at radius 1 is 0.912 bits per heavy atom. The van der Waals surface area contributed by atoms with Crippen molar-refractivity contribution in [2.75, 3.05) is 33.3 Å². The zero-order chi connectivity index (χ0) is 24.1. The number of carbonyl (C=O) groups is 1. The van der Waals surface area contributed by atoms with Crippen molar-refractivity contribution < 1.29 is 18.7 Å². The summed E-state index contributed by atoms with van der Waals surface area (Å²) in [6, 6.07) is 18.4. The summed E-state index contributed by atoms with van der Waals surface area (Å²) in [7, 11) is 1.62. The van der Waals surface area contributed by atoms with Crippen molar-refractivity contribution in [3.05, 3.63) is 94.3 Å². The predicted molar refractivity (Wildman–Crippen MR) is 131 cm³/mol. The fraction of sp³-hybridized carbons (Fsp3) is 0.321. The van der Waals surface area contributed by atoms with Gasteiger partial charge in [-0.05, 0) is 55.3 Å². The third kappa shape index (κ3) is 5.57. The predicted octanol–water partition coefficient (Wildman–Crippen LogP) is 4.99.